The third-order valence-corrected chi connectivity index (χ3v) is 5.45. The predicted molar refractivity (Wildman–Crippen MR) is 99.9 cm³/mol. The smallest absolute Gasteiger partial charge is 0.253 e. The Labute approximate surface area is 155 Å². The van der Waals surface area contributed by atoms with Crippen LogP contribution in [0.4, 0.5) is 0 Å². The van der Waals surface area contributed by atoms with E-state index in [1.807, 2.05) is 44.2 Å². The van der Waals surface area contributed by atoms with Gasteiger partial charge in [0.25, 0.3) is 5.91 Å². The minimum absolute atomic E-state index is 0.0349. The fourth-order valence-corrected chi connectivity index (χ4v) is 3.86. The molecule has 3 rings (SSSR count). The molecule has 0 aliphatic heterocycles. The fraction of sp³-hybridized carbons (Fsp3) is 0.278. The highest BCUT2D eigenvalue weighted by Crippen LogP contribution is 2.24. The predicted octanol–water partition coefficient (Wildman–Crippen LogP) is 4.31. The van der Waals surface area contributed by atoms with Crippen molar-refractivity contribution in [2.45, 2.75) is 31.0 Å². The average Bonchev–Trinajstić information content (AvgIpc) is 3.21. The van der Waals surface area contributed by atoms with Crippen molar-refractivity contribution in [3.8, 4) is 0 Å². The van der Waals surface area contributed by atoms with Crippen molar-refractivity contribution < 1.29 is 9.32 Å². The molecule has 0 spiro atoms. The molecule has 0 N–H and O–H groups in total. The Kier molecular flexibility index (Phi) is 5.55. The minimum atomic E-state index is -0.0349. The summed E-state index contributed by atoms with van der Waals surface area (Å²) in [5.74, 6) is 1.54. The first-order valence-electron chi connectivity index (χ1n) is 7.83. The maximum Gasteiger partial charge on any atom is 0.253 e. The van der Waals surface area contributed by atoms with Crippen LogP contribution in [0.3, 0.4) is 0 Å². The molecule has 0 fully saturated rings. The molecule has 0 unspecified atom stereocenters. The van der Waals surface area contributed by atoms with E-state index in [1.165, 1.54) is 0 Å². The van der Waals surface area contributed by atoms with E-state index in [9.17, 15) is 4.79 Å². The van der Waals surface area contributed by atoms with E-state index >= 15 is 0 Å². The van der Waals surface area contributed by atoms with Crippen LogP contribution in [0, 0.1) is 13.8 Å². The van der Waals surface area contributed by atoms with Gasteiger partial charge in [-0.1, -0.05) is 5.16 Å². The number of amides is 1. The minimum Gasteiger partial charge on any atom is -0.361 e. The van der Waals surface area contributed by atoms with Gasteiger partial charge in [-0.2, -0.15) is 0 Å². The normalized spacial score (nSPS) is 10.8. The number of thioether (sulfide) groups is 1. The molecule has 1 amide bonds. The highest BCUT2D eigenvalue weighted by molar-refractivity contribution is 7.98. The lowest BCUT2D eigenvalue weighted by Crippen LogP contribution is -2.26. The Balaban J connectivity index is 1.58. The molecule has 0 aliphatic rings. The van der Waals surface area contributed by atoms with Crippen molar-refractivity contribution in [1.82, 2.24) is 15.0 Å². The highest BCUT2D eigenvalue weighted by atomic mass is 32.2. The second kappa shape index (κ2) is 7.84. The van der Waals surface area contributed by atoms with Crippen LogP contribution in [0.1, 0.15) is 32.5 Å². The molecule has 2 heterocycles. The van der Waals surface area contributed by atoms with Crippen LogP contribution in [0.2, 0.25) is 0 Å². The Bertz CT molecular complexity index is 855. The van der Waals surface area contributed by atoms with Gasteiger partial charge in [0.15, 0.2) is 0 Å². The van der Waals surface area contributed by atoms with Crippen LogP contribution in [0.5, 0.6) is 0 Å². The number of nitrogens with zero attached hydrogens (tertiary/aromatic N) is 3. The summed E-state index contributed by atoms with van der Waals surface area (Å²) in [4.78, 5) is 19.7. The maximum atomic E-state index is 12.5. The zero-order chi connectivity index (χ0) is 17.8. The second-order valence-corrected chi connectivity index (χ2v) is 7.87. The zero-order valence-corrected chi connectivity index (χ0v) is 16.0. The molecule has 1 aromatic carbocycles. The molecule has 0 saturated carbocycles. The summed E-state index contributed by atoms with van der Waals surface area (Å²) in [6.07, 6.45) is 0. The van der Waals surface area contributed by atoms with Crippen molar-refractivity contribution in [3.63, 3.8) is 0 Å². The van der Waals surface area contributed by atoms with Crippen molar-refractivity contribution in [3.05, 3.63) is 63.4 Å². The topological polar surface area (TPSA) is 59.2 Å². The number of hydrogen-bond acceptors (Lipinski definition) is 6. The molecule has 0 radical (unpaired) electrons. The van der Waals surface area contributed by atoms with Gasteiger partial charge in [0.05, 0.1) is 17.2 Å². The van der Waals surface area contributed by atoms with Gasteiger partial charge in [-0.15, -0.1) is 23.1 Å². The van der Waals surface area contributed by atoms with Crippen molar-refractivity contribution in [1.29, 1.82) is 0 Å². The summed E-state index contributed by atoms with van der Waals surface area (Å²) in [7, 11) is 1.76. The molecule has 3 aromatic rings. The molecule has 0 aliphatic carbocycles. The summed E-state index contributed by atoms with van der Waals surface area (Å²) in [6.45, 7) is 4.27. The van der Waals surface area contributed by atoms with Crippen molar-refractivity contribution in [2.24, 2.45) is 0 Å². The fourth-order valence-electron chi connectivity index (χ4n) is 2.35. The Hall–Kier alpha value is -2.12. The van der Waals surface area contributed by atoms with Gasteiger partial charge >= 0.3 is 0 Å². The first-order chi connectivity index (χ1) is 12.0. The molecule has 0 saturated heterocycles. The van der Waals surface area contributed by atoms with E-state index < -0.39 is 0 Å². The van der Waals surface area contributed by atoms with Gasteiger partial charge in [0, 0.05) is 34.7 Å². The molecule has 7 heteroatoms. The lowest BCUT2D eigenvalue weighted by Gasteiger charge is -2.15. The Morgan fingerprint density at radius 3 is 2.60 bits per heavy atom. The van der Waals surface area contributed by atoms with E-state index in [0.29, 0.717) is 12.1 Å². The maximum absolute atomic E-state index is 12.5. The number of thiazole rings is 1. The van der Waals surface area contributed by atoms with Gasteiger partial charge in [0.1, 0.15) is 11.5 Å². The highest BCUT2D eigenvalue weighted by Gasteiger charge is 2.14. The van der Waals surface area contributed by atoms with Crippen LogP contribution >= 0.6 is 23.1 Å². The van der Waals surface area contributed by atoms with Gasteiger partial charge < -0.3 is 9.42 Å². The van der Waals surface area contributed by atoms with Gasteiger partial charge in [-0.3, -0.25) is 4.79 Å². The number of rotatable bonds is 6. The molecule has 0 bridgehead atoms. The molecular weight excluding hydrogens is 354 g/mol. The Morgan fingerprint density at radius 1 is 1.24 bits per heavy atom. The van der Waals surface area contributed by atoms with E-state index in [4.69, 9.17) is 4.52 Å². The average molecular weight is 374 g/mol. The third-order valence-electron chi connectivity index (χ3n) is 3.58. The molecule has 130 valence electrons. The van der Waals surface area contributed by atoms with E-state index in [-0.39, 0.29) is 5.91 Å². The summed E-state index contributed by atoms with van der Waals surface area (Å²) >= 11 is 3.38. The first kappa shape index (κ1) is 17.7. The number of aryl methyl sites for hydroxylation is 2. The summed E-state index contributed by atoms with van der Waals surface area (Å²) < 4.78 is 5.04. The molecule has 25 heavy (non-hydrogen) atoms. The van der Waals surface area contributed by atoms with Crippen LogP contribution in [0.15, 0.2) is 45.1 Å². The second-order valence-electron chi connectivity index (χ2n) is 5.76. The number of hydrogen-bond donors (Lipinski definition) is 0. The van der Waals surface area contributed by atoms with Crippen LogP contribution in [-0.4, -0.2) is 28.0 Å². The van der Waals surface area contributed by atoms with E-state index in [0.717, 1.165) is 32.8 Å². The lowest BCUT2D eigenvalue weighted by molar-refractivity contribution is 0.0782. The first-order valence-corrected chi connectivity index (χ1v) is 9.69. The summed E-state index contributed by atoms with van der Waals surface area (Å²) in [5, 5.41) is 7.09. The third kappa shape index (κ3) is 4.70. The molecule has 0 atom stereocenters. The van der Waals surface area contributed by atoms with Crippen molar-refractivity contribution >= 4 is 29.0 Å². The number of carbonyl (C=O) groups is 1. The largest absolute Gasteiger partial charge is 0.361 e. The Morgan fingerprint density at radius 2 is 2.00 bits per heavy atom. The van der Waals surface area contributed by atoms with E-state index in [2.05, 4.69) is 15.5 Å². The summed E-state index contributed by atoms with van der Waals surface area (Å²) in [5.41, 5.74) is 2.51. The lowest BCUT2D eigenvalue weighted by atomic mass is 10.2. The number of carbonyl (C=O) groups excluding carboxylic acids is 1. The van der Waals surface area contributed by atoms with Crippen LogP contribution in [0.25, 0.3) is 0 Å². The number of aromatic nitrogens is 2. The zero-order valence-electron chi connectivity index (χ0n) is 14.4. The summed E-state index contributed by atoms with van der Waals surface area (Å²) in [6, 6.07) is 9.52. The van der Waals surface area contributed by atoms with E-state index in [1.54, 1.807) is 35.0 Å². The standard InChI is InChI=1S/C18H19N3O2S2/c1-12-8-15(20-23-12)9-21(3)18(22)14-4-6-17(7-5-14)25-11-16-10-24-13(2)19-16/h4-8,10H,9,11H2,1-3H3. The van der Waals surface area contributed by atoms with Gasteiger partial charge in [-0.05, 0) is 38.1 Å². The van der Waals surface area contributed by atoms with Crippen molar-refractivity contribution in [2.75, 3.05) is 7.05 Å². The van der Waals surface area contributed by atoms with Crippen LogP contribution in [-0.2, 0) is 12.3 Å². The quantitative estimate of drug-likeness (QED) is 0.603. The van der Waals surface area contributed by atoms with Crippen LogP contribution < -0.4 is 0 Å². The molecule has 5 nitrogen and oxygen atoms in total. The monoisotopic (exact) mass is 373 g/mol. The van der Waals surface area contributed by atoms with Gasteiger partial charge in [0.2, 0.25) is 0 Å². The number of benzene rings is 1. The molecular formula is C18H19N3O2S2. The van der Waals surface area contributed by atoms with Gasteiger partial charge in [-0.25, -0.2) is 4.98 Å². The molecule has 2 aromatic heterocycles. The SMILES string of the molecule is Cc1cc(CN(C)C(=O)c2ccc(SCc3csc(C)n3)cc2)no1.